The highest BCUT2D eigenvalue weighted by Gasteiger charge is 2.34. The van der Waals surface area contributed by atoms with Gasteiger partial charge >= 0.3 is 0 Å². The summed E-state index contributed by atoms with van der Waals surface area (Å²) in [5.41, 5.74) is 2.15. The van der Waals surface area contributed by atoms with Crippen molar-refractivity contribution in [2.45, 2.75) is 25.3 Å². The van der Waals surface area contributed by atoms with Gasteiger partial charge in [0, 0.05) is 19.1 Å². The molecule has 19 heavy (non-hydrogen) atoms. The van der Waals surface area contributed by atoms with Gasteiger partial charge in [0.15, 0.2) is 0 Å². The molecule has 1 saturated carbocycles. The van der Waals surface area contributed by atoms with E-state index in [1.165, 1.54) is 32.4 Å². The Bertz CT molecular complexity index is 539. The van der Waals surface area contributed by atoms with E-state index in [1.54, 1.807) is 0 Å². The smallest absolute Gasteiger partial charge is 0.201 e. The van der Waals surface area contributed by atoms with E-state index in [0.717, 1.165) is 35.5 Å². The second kappa shape index (κ2) is 4.53. The zero-order valence-corrected chi connectivity index (χ0v) is 11.1. The summed E-state index contributed by atoms with van der Waals surface area (Å²) in [5.74, 6) is 1.68. The normalized spacial score (nSPS) is 24.1. The molecule has 0 spiro atoms. The number of para-hydroxylation sites is 2. The fraction of sp³-hybridized carbons (Fsp3) is 0.533. The number of anilines is 1. The highest BCUT2D eigenvalue weighted by molar-refractivity contribution is 5.77. The zero-order chi connectivity index (χ0) is 12.7. The van der Waals surface area contributed by atoms with E-state index in [4.69, 9.17) is 0 Å². The molecule has 2 aromatic rings. The largest absolute Gasteiger partial charge is 0.355 e. The predicted octanol–water partition coefficient (Wildman–Crippen LogP) is 2.46. The first kappa shape index (κ1) is 11.3. The fourth-order valence-electron chi connectivity index (χ4n) is 3.08. The average Bonchev–Trinajstić information content (AvgIpc) is 3.03. The average molecular weight is 256 g/mol. The summed E-state index contributed by atoms with van der Waals surface area (Å²) in [7, 11) is 0. The first-order chi connectivity index (χ1) is 9.38. The molecule has 2 heterocycles. The number of hydrogen-bond acceptors (Lipinski definition) is 3. The van der Waals surface area contributed by atoms with Crippen molar-refractivity contribution in [2.24, 2.45) is 5.92 Å². The highest BCUT2D eigenvalue weighted by Crippen LogP contribution is 2.31. The van der Waals surface area contributed by atoms with Gasteiger partial charge in [-0.25, -0.2) is 4.98 Å². The van der Waals surface area contributed by atoms with Crippen molar-refractivity contribution in [1.29, 1.82) is 0 Å². The first-order valence-electron chi connectivity index (χ1n) is 7.31. The Morgan fingerprint density at radius 2 is 2.16 bits per heavy atom. The van der Waals surface area contributed by atoms with Gasteiger partial charge in [-0.05, 0) is 43.9 Å². The molecule has 1 aliphatic carbocycles. The van der Waals surface area contributed by atoms with Gasteiger partial charge in [-0.15, -0.1) is 0 Å². The quantitative estimate of drug-likeness (QED) is 0.883. The van der Waals surface area contributed by atoms with Gasteiger partial charge < -0.3 is 15.2 Å². The minimum absolute atomic E-state index is 0.772. The Morgan fingerprint density at radius 1 is 1.26 bits per heavy atom. The van der Waals surface area contributed by atoms with Crippen molar-refractivity contribution >= 4 is 17.0 Å². The van der Waals surface area contributed by atoms with Gasteiger partial charge in [-0.3, -0.25) is 0 Å². The summed E-state index contributed by atoms with van der Waals surface area (Å²) in [5, 5.41) is 3.46. The lowest BCUT2D eigenvalue weighted by molar-refractivity contribution is 0.316. The molecule has 0 amide bonds. The lowest BCUT2D eigenvalue weighted by Gasteiger charge is -2.14. The third-order valence-electron chi connectivity index (χ3n) is 4.33. The second-order valence-corrected chi connectivity index (χ2v) is 5.86. The van der Waals surface area contributed by atoms with Gasteiger partial charge in [-0.2, -0.15) is 0 Å². The molecule has 2 N–H and O–H groups in total. The zero-order valence-electron chi connectivity index (χ0n) is 11.1. The van der Waals surface area contributed by atoms with Crippen molar-refractivity contribution in [2.75, 3.05) is 25.0 Å². The SMILES string of the molecule is c1ccc2[nH]c(NCC3CCN(C4CC4)C3)nc2c1. The summed E-state index contributed by atoms with van der Waals surface area (Å²) in [6, 6.07) is 9.09. The van der Waals surface area contributed by atoms with Crippen LogP contribution in [0.3, 0.4) is 0 Å². The van der Waals surface area contributed by atoms with Gasteiger partial charge in [0.2, 0.25) is 5.95 Å². The van der Waals surface area contributed by atoms with Crippen LogP contribution in [-0.4, -0.2) is 40.5 Å². The minimum atomic E-state index is 0.772. The molecule has 1 saturated heterocycles. The lowest BCUT2D eigenvalue weighted by Crippen LogP contribution is -2.24. The molecule has 1 aliphatic heterocycles. The van der Waals surface area contributed by atoms with Crippen LogP contribution < -0.4 is 5.32 Å². The van der Waals surface area contributed by atoms with Crippen LogP contribution in [0, 0.1) is 5.92 Å². The van der Waals surface area contributed by atoms with Crippen LogP contribution in [0.1, 0.15) is 19.3 Å². The maximum Gasteiger partial charge on any atom is 0.201 e. The molecule has 4 nitrogen and oxygen atoms in total. The minimum Gasteiger partial charge on any atom is -0.355 e. The van der Waals surface area contributed by atoms with Crippen molar-refractivity contribution in [3.63, 3.8) is 0 Å². The summed E-state index contributed by atoms with van der Waals surface area (Å²) in [6.07, 6.45) is 4.16. The number of fused-ring (bicyclic) bond motifs is 1. The first-order valence-corrected chi connectivity index (χ1v) is 7.31. The summed E-state index contributed by atoms with van der Waals surface area (Å²) in [4.78, 5) is 10.5. The van der Waals surface area contributed by atoms with Crippen LogP contribution in [0.5, 0.6) is 0 Å². The second-order valence-electron chi connectivity index (χ2n) is 5.86. The molecule has 1 atom stereocenters. The van der Waals surface area contributed by atoms with E-state index >= 15 is 0 Å². The number of benzene rings is 1. The fourth-order valence-corrected chi connectivity index (χ4v) is 3.08. The molecule has 1 aromatic heterocycles. The number of aromatic nitrogens is 2. The number of rotatable bonds is 4. The Morgan fingerprint density at radius 3 is 3.00 bits per heavy atom. The Hall–Kier alpha value is -1.55. The summed E-state index contributed by atoms with van der Waals surface area (Å²) < 4.78 is 0. The van der Waals surface area contributed by atoms with Gasteiger partial charge in [-0.1, -0.05) is 12.1 Å². The molecule has 4 rings (SSSR count). The Labute approximate surface area is 113 Å². The van der Waals surface area contributed by atoms with E-state index in [1.807, 2.05) is 18.2 Å². The number of imidazole rings is 1. The molecule has 100 valence electrons. The van der Waals surface area contributed by atoms with Gasteiger partial charge in [0.1, 0.15) is 0 Å². The van der Waals surface area contributed by atoms with E-state index in [0.29, 0.717) is 0 Å². The molecular weight excluding hydrogens is 236 g/mol. The van der Waals surface area contributed by atoms with E-state index in [2.05, 4.69) is 26.3 Å². The Balaban J connectivity index is 1.36. The maximum absolute atomic E-state index is 4.56. The topological polar surface area (TPSA) is 44.0 Å². The van der Waals surface area contributed by atoms with Crippen LogP contribution in [0.4, 0.5) is 5.95 Å². The standard InChI is InChI=1S/C15H20N4/c1-2-4-14-13(3-1)17-15(18-14)16-9-11-7-8-19(10-11)12-5-6-12/h1-4,11-12H,5-10H2,(H2,16,17,18). The van der Waals surface area contributed by atoms with Crippen LogP contribution >= 0.6 is 0 Å². The maximum atomic E-state index is 4.56. The molecule has 4 heteroatoms. The monoisotopic (exact) mass is 256 g/mol. The van der Waals surface area contributed by atoms with Crippen LogP contribution in [-0.2, 0) is 0 Å². The molecule has 1 unspecified atom stereocenters. The molecule has 2 aliphatic rings. The lowest BCUT2D eigenvalue weighted by atomic mass is 10.1. The van der Waals surface area contributed by atoms with Crippen molar-refractivity contribution < 1.29 is 0 Å². The van der Waals surface area contributed by atoms with Crippen LogP contribution in [0.25, 0.3) is 11.0 Å². The van der Waals surface area contributed by atoms with Crippen molar-refractivity contribution in [3.05, 3.63) is 24.3 Å². The van der Waals surface area contributed by atoms with Gasteiger partial charge in [0.05, 0.1) is 11.0 Å². The van der Waals surface area contributed by atoms with Crippen molar-refractivity contribution in [1.82, 2.24) is 14.9 Å². The van der Waals surface area contributed by atoms with E-state index < -0.39 is 0 Å². The molecule has 0 bridgehead atoms. The third-order valence-corrected chi connectivity index (χ3v) is 4.33. The number of nitrogens with zero attached hydrogens (tertiary/aromatic N) is 2. The van der Waals surface area contributed by atoms with Crippen molar-refractivity contribution in [3.8, 4) is 0 Å². The summed E-state index contributed by atoms with van der Waals surface area (Å²) >= 11 is 0. The van der Waals surface area contributed by atoms with Crippen LogP contribution in [0.15, 0.2) is 24.3 Å². The van der Waals surface area contributed by atoms with Gasteiger partial charge in [0.25, 0.3) is 0 Å². The molecule has 1 aromatic carbocycles. The molecular formula is C15H20N4. The van der Waals surface area contributed by atoms with Crippen LogP contribution in [0.2, 0.25) is 0 Å². The highest BCUT2D eigenvalue weighted by atomic mass is 15.2. The number of nitrogens with one attached hydrogen (secondary N) is 2. The Kier molecular flexibility index (Phi) is 2.69. The summed E-state index contributed by atoms with van der Waals surface area (Å²) in [6.45, 7) is 3.58. The van der Waals surface area contributed by atoms with E-state index in [9.17, 15) is 0 Å². The number of aromatic amines is 1. The predicted molar refractivity (Wildman–Crippen MR) is 77.3 cm³/mol. The molecule has 0 radical (unpaired) electrons. The number of H-pyrrole nitrogens is 1. The number of likely N-dealkylation sites (tertiary alicyclic amines) is 1. The molecule has 2 fully saturated rings. The van der Waals surface area contributed by atoms with E-state index in [-0.39, 0.29) is 0 Å². The number of hydrogen-bond donors (Lipinski definition) is 2. The third kappa shape index (κ3) is 2.32.